The van der Waals surface area contributed by atoms with Crippen molar-refractivity contribution in [2.24, 2.45) is 5.73 Å². The quantitative estimate of drug-likeness (QED) is 0.794. The van der Waals surface area contributed by atoms with Gasteiger partial charge < -0.3 is 20.7 Å². The second-order valence-corrected chi connectivity index (χ2v) is 5.32. The summed E-state index contributed by atoms with van der Waals surface area (Å²) in [5.41, 5.74) is 7.39. The fourth-order valence-electron chi connectivity index (χ4n) is 2.11. The number of nitrogens with zero attached hydrogens (tertiary/aromatic N) is 2. The lowest BCUT2D eigenvalue weighted by Crippen LogP contribution is -2.43. The van der Waals surface area contributed by atoms with Crippen molar-refractivity contribution < 1.29 is 4.74 Å². The number of aromatic nitrogens is 1. The predicted octanol–water partition coefficient (Wildman–Crippen LogP) is 0.767. The third-order valence-electron chi connectivity index (χ3n) is 3.09. The molecular formula is C13H20N4OS. The van der Waals surface area contributed by atoms with Gasteiger partial charge in [-0.15, -0.1) is 0 Å². The molecule has 1 aliphatic heterocycles. The van der Waals surface area contributed by atoms with Gasteiger partial charge in [0.05, 0.1) is 12.7 Å². The van der Waals surface area contributed by atoms with Gasteiger partial charge >= 0.3 is 0 Å². The maximum absolute atomic E-state index is 5.70. The highest BCUT2D eigenvalue weighted by atomic mass is 32.1. The van der Waals surface area contributed by atoms with Crippen LogP contribution in [0.2, 0.25) is 0 Å². The molecule has 0 aromatic carbocycles. The van der Waals surface area contributed by atoms with Crippen LogP contribution in [0.25, 0.3) is 0 Å². The first kappa shape index (κ1) is 14.2. The Morgan fingerprint density at radius 3 is 3.11 bits per heavy atom. The Balaban J connectivity index is 1.97. The van der Waals surface area contributed by atoms with Crippen LogP contribution in [0.1, 0.15) is 11.3 Å². The van der Waals surface area contributed by atoms with Gasteiger partial charge in [0, 0.05) is 30.9 Å². The molecule has 104 valence electrons. The number of rotatable bonds is 4. The van der Waals surface area contributed by atoms with E-state index in [-0.39, 0.29) is 6.10 Å². The Bertz CT molecular complexity index is 466. The molecular weight excluding hydrogens is 260 g/mol. The van der Waals surface area contributed by atoms with Gasteiger partial charge in [-0.25, -0.2) is 4.98 Å². The minimum Gasteiger partial charge on any atom is -0.389 e. The summed E-state index contributed by atoms with van der Waals surface area (Å²) in [6.07, 6.45) is 0.189. The lowest BCUT2D eigenvalue weighted by atomic mass is 10.2. The molecule has 2 heterocycles. The Morgan fingerprint density at radius 1 is 1.63 bits per heavy atom. The summed E-state index contributed by atoms with van der Waals surface area (Å²) in [4.78, 5) is 7.08. The summed E-state index contributed by atoms with van der Waals surface area (Å²) in [7, 11) is 2.10. The van der Waals surface area contributed by atoms with Crippen molar-refractivity contribution in [1.29, 1.82) is 0 Å². The van der Waals surface area contributed by atoms with Gasteiger partial charge in [0.25, 0.3) is 0 Å². The van der Waals surface area contributed by atoms with E-state index in [2.05, 4.69) is 22.2 Å². The monoisotopic (exact) mass is 280 g/mol. The molecule has 0 saturated carbocycles. The third kappa shape index (κ3) is 4.12. The van der Waals surface area contributed by atoms with Gasteiger partial charge in [0.2, 0.25) is 0 Å². The molecule has 5 nitrogen and oxygen atoms in total. The standard InChI is InChI=1S/C13H20N4OS/c1-9-5-10(13(14)19)6-12(16-9)15-7-11-8-17(2)3-4-18-11/h5-6,11H,3-4,7-8H2,1-2H3,(H2,14,19)(H,15,16). The molecule has 1 unspecified atom stereocenters. The molecule has 0 aliphatic carbocycles. The highest BCUT2D eigenvalue weighted by Gasteiger charge is 2.17. The van der Waals surface area contributed by atoms with Crippen molar-refractivity contribution in [3.05, 3.63) is 23.4 Å². The average Bonchev–Trinajstić information content (AvgIpc) is 2.36. The van der Waals surface area contributed by atoms with Gasteiger partial charge in [-0.05, 0) is 26.1 Å². The Morgan fingerprint density at radius 2 is 2.42 bits per heavy atom. The maximum Gasteiger partial charge on any atom is 0.126 e. The van der Waals surface area contributed by atoms with Crippen molar-refractivity contribution in [2.75, 3.05) is 38.6 Å². The first-order valence-electron chi connectivity index (χ1n) is 6.37. The topological polar surface area (TPSA) is 63.4 Å². The maximum atomic E-state index is 5.70. The van der Waals surface area contributed by atoms with Crippen LogP contribution in [0.4, 0.5) is 5.82 Å². The lowest BCUT2D eigenvalue weighted by Gasteiger charge is -2.30. The molecule has 0 bridgehead atoms. The molecule has 19 heavy (non-hydrogen) atoms. The molecule has 1 aliphatic rings. The number of hydrogen-bond donors (Lipinski definition) is 2. The average molecular weight is 280 g/mol. The Labute approximate surface area is 119 Å². The summed E-state index contributed by atoms with van der Waals surface area (Å²) in [5.74, 6) is 0.791. The summed E-state index contributed by atoms with van der Waals surface area (Å²) in [6, 6.07) is 3.76. The van der Waals surface area contributed by atoms with Gasteiger partial charge in [0.15, 0.2) is 0 Å². The summed E-state index contributed by atoms with van der Waals surface area (Å²) >= 11 is 5.00. The van der Waals surface area contributed by atoms with Gasteiger partial charge in [-0.3, -0.25) is 0 Å². The van der Waals surface area contributed by atoms with Crippen LogP contribution in [0.3, 0.4) is 0 Å². The summed E-state index contributed by atoms with van der Waals surface area (Å²) < 4.78 is 5.70. The van der Waals surface area contributed by atoms with Crippen LogP contribution >= 0.6 is 12.2 Å². The first-order valence-corrected chi connectivity index (χ1v) is 6.78. The van der Waals surface area contributed by atoms with Crippen LogP contribution in [-0.4, -0.2) is 54.3 Å². The molecule has 3 N–H and O–H groups in total. The molecule has 0 radical (unpaired) electrons. The molecule has 1 fully saturated rings. The molecule has 1 aromatic heterocycles. The zero-order valence-electron chi connectivity index (χ0n) is 11.3. The van der Waals surface area contributed by atoms with Crippen molar-refractivity contribution in [3.8, 4) is 0 Å². The molecule has 0 amide bonds. The van der Waals surface area contributed by atoms with E-state index < -0.39 is 0 Å². The van der Waals surface area contributed by atoms with Crippen LogP contribution in [0.5, 0.6) is 0 Å². The molecule has 1 saturated heterocycles. The van der Waals surface area contributed by atoms with E-state index in [1.807, 2.05) is 19.1 Å². The van der Waals surface area contributed by atoms with Crippen molar-refractivity contribution in [1.82, 2.24) is 9.88 Å². The minimum absolute atomic E-state index is 0.189. The lowest BCUT2D eigenvalue weighted by molar-refractivity contribution is -0.0117. The van der Waals surface area contributed by atoms with E-state index in [0.29, 0.717) is 4.99 Å². The first-order chi connectivity index (χ1) is 9.04. The number of morpholine rings is 1. The van der Waals surface area contributed by atoms with Crippen LogP contribution in [-0.2, 0) is 4.74 Å². The second kappa shape index (κ2) is 6.27. The number of thiocarbonyl (C=S) groups is 1. The van der Waals surface area contributed by atoms with E-state index in [1.54, 1.807) is 0 Å². The van der Waals surface area contributed by atoms with E-state index >= 15 is 0 Å². The molecule has 6 heteroatoms. The minimum atomic E-state index is 0.189. The SMILES string of the molecule is Cc1cc(C(N)=S)cc(NCC2CN(C)CCO2)n1. The van der Waals surface area contributed by atoms with E-state index in [9.17, 15) is 0 Å². The van der Waals surface area contributed by atoms with Crippen molar-refractivity contribution in [2.45, 2.75) is 13.0 Å². The van der Waals surface area contributed by atoms with Crippen molar-refractivity contribution >= 4 is 23.0 Å². The van der Waals surface area contributed by atoms with Crippen LogP contribution < -0.4 is 11.1 Å². The predicted molar refractivity (Wildman–Crippen MR) is 80.6 cm³/mol. The van der Waals surface area contributed by atoms with Crippen LogP contribution in [0, 0.1) is 6.92 Å². The number of nitrogens with two attached hydrogens (primary N) is 1. The van der Waals surface area contributed by atoms with Crippen LogP contribution in [0.15, 0.2) is 12.1 Å². The molecule has 0 spiro atoms. The number of likely N-dealkylation sites (N-methyl/N-ethyl adjacent to an activating group) is 1. The number of nitrogens with one attached hydrogen (secondary N) is 1. The highest BCUT2D eigenvalue weighted by molar-refractivity contribution is 7.80. The number of aryl methyl sites for hydroxylation is 1. The van der Waals surface area contributed by atoms with E-state index in [0.717, 1.165) is 43.3 Å². The van der Waals surface area contributed by atoms with Gasteiger partial charge in [-0.2, -0.15) is 0 Å². The number of hydrogen-bond acceptors (Lipinski definition) is 5. The second-order valence-electron chi connectivity index (χ2n) is 4.88. The van der Waals surface area contributed by atoms with Crippen molar-refractivity contribution in [3.63, 3.8) is 0 Å². The fourth-order valence-corrected chi connectivity index (χ4v) is 2.23. The third-order valence-corrected chi connectivity index (χ3v) is 3.33. The molecule has 1 aromatic rings. The number of pyridine rings is 1. The highest BCUT2D eigenvalue weighted by Crippen LogP contribution is 2.11. The normalized spacial score (nSPS) is 20.2. The largest absolute Gasteiger partial charge is 0.389 e. The Hall–Kier alpha value is -1.24. The number of ether oxygens (including phenoxy) is 1. The zero-order valence-corrected chi connectivity index (χ0v) is 12.2. The fraction of sp³-hybridized carbons (Fsp3) is 0.538. The smallest absolute Gasteiger partial charge is 0.126 e. The van der Waals surface area contributed by atoms with Gasteiger partial charge in [-0.1, -0.05) is 12.2 Å². The summed E-state index contributed by atoms with van der Waals surface area (Å²) in [5, 5.41) is 3.29. The zero-order chi connectivity index (χ0) is 13.8. The summed E-state index contributed by atoms with van der Waals surface area (Å²) in [6.45, 7) is 5.36. The van der Waals surface area contributed by atoms with E-state index in [4.69, 9.17) is 22.7 Å². The molecule has 2 rings (SSSR count). The Kier molecular flexibility index (Phi) is 4.68. The van der Waals surface area contributed by atoms with E-state index in [1.165, 1.54) is 0 Å². The molecule has 1 atom stereocenters. The number of anilines is 1. The van der Waals surface area contributed by atoms with Gasteiger partial charge in [0.1, 0.15) is 10.8 Å².